The van der Waals surface area contributed by atoms with Gasteiger partial charge < -0.3 is 5.73 Å². The first kappa shape index (κ1) is 9.16. The summed E-state index contributed by atoms with van der Waals surface area (Å²) in [6.07, 6.45) is 5.58. The molecule has 0 bridgehead atoms. The van der Waals surface area contributed by atoms with Crippen LogP contribution in [0.25, 0.3) is 0 Å². The Morgan fingerprint density at radius 2 is 2.38 bits per heavy atom. The van der Waals surface area contributed by atoms with Crippen molar-refractivity contribution >= 4 is 15.9 Å². The van der Waals surface area contributed by atoms with Crippen molar-refractivity contribution in [2.24, 2.45) is 11.7 Å². The minimum Gasteiger partial charge on any atom is -0.324 e. The van der Waals surface area contributed by atoms with Crippen LogP contribution < -0.4 is 5.73 Å². The highest BCUT2D eigenvalue weighted by Crippen LogP contribution is 2.37. The minimum atomic E-state index is 0.149. The quantitative estimate of drug-likeness (QED) is 0.826. The van der Waals surface area contributed by atoms with Crippen LogP contribution in [0.5, 0.6) is 0 Å². The van der Waals surface area contributed by atoms with Gasteiger partial charge in [-0.2, -0.15) is 0 Å². The molecule has 1 saturated carbocycles. The Labute approximate surface area is 86.7 Å². The smallest absolute Gasteiger partial charge is 0.110 e. The average molecular weight is 241 g/mol. The van der Waals surface area contributed by atoms with Crippen molar-refractivity contribution in [3.05, 3.63) is 28.5 Å². The lowest BCUT2D eigenvalue weighted by molar-refractivity contribution is 0.593. The maximum atomic E-state index is 6.07. The summed E-state index contributed by atoms with van der Waals surface area (Å²) in [6, 6.07) is 4.13. The van der Waals surface area contributed by atoms with E-state index in [0.29, 0.717) is 0 Å². The van der Waals surface area contributed by atoms with E-state index in [1.54, 1.807) is 6.20 Å². The average Bonchev–Trinajstić information content (AvgIpc) is 2.89. The Hall–Kier alpha value is -0.410. The molecule has 1 fully saturated rings. The zero-order chi connectivity index (χ0) is 9.26. The second-order valence-electron chi connectivity index (χ2n) is 3.67. The molecule has 0 unspecified atom stereocenters. The highest BCUT2D eigenvalue weighted by molar-refractivity contribution is 9.10. The van der Waals surface area contributed by atoms with Gasteiger partial charge in [0.2, 0.25) is 0 Å². The number of hydrogen-bond acceptors (Lipinski definition) is 2. The summed E-state index contributed by atoms with van der Waals surface area (Å²) < 4.78 is 0.892. The lowest BCUT2D eigenvalue weighted by Crippen LogP contribution is -2.11. The Balaban J connectivity index is 2.09. The summed E-state index contributed by atoms with van der Waals surface area (Å²) in [5.74, 6) is 0.863. The van der Waals surface area contributed by atoms with Crippen LogP contribution in [-0.2, 0) is 0 Å². The predicted molar refractivity (Wildman–Crippen MR) is 56.2 cm³/mol. The molecule has 0 aliphatic heterocycles. The zero-order valence-electron chi connectivity index (χ0n) is 7.41. The molecule has 0 spiro atoms. The van der Waals surface area contributed by atoms with Crippen LogP contribution in [0.2, 0.25) is 0 Å². The summed E-state index contributed by atoms with van der Waals surface area (Å²) >= 11 is 3.42. The fraction of sp³-hybridized carbons (Fsp3) is 0.500. The van der Waals surface area contributed by atoms with Crippen LogP contribution in [0.15, 0.2) is 22.9 Å². The lowest BCUT2D eigenvalue weighted by Gasteiger charge is -2.11. The van der Waals surface area contributed by atoms with Gasteiger partial charge in [0.15, 0.2) is 0 Å². The van der Waals surface area contributed by atoms with E-state index >= 15 is 0 Å². The number of pyridine rings is 1. The molecule has 0 amide bonds. The molecule has 0 saturated heterocycles. The molecule has 0 aromatic carbocycles. The molecular formula is C10H13BrN2. The van der Waals surface area contributed by atoms with Crippen molar-refractivity contribution in [3.63, 3.8) is 0 Å². The molecule has 1 aliphatic rings. The van der Waals surface area contributed by atoms with Gasteiger partial charge in [-0.15, -0.1) is 0 Å². The van der Waals surface area contributed by atoms with Gasteiger partial charge in [0.05, 0.1) is 0 Å². The molecule has 2 nitrogen and oxygen atoms in total. The van der Waals surface area contributed by atoms with Crippen LogP contribution >= 0.6 is 15.9 Å². The second-order valence-corrected chi connectivity index (χ2v) is 4.42. The molecule has 13 heavy (non-hydrogen) atoms. The largest absolute Gasteiger partial charge is 0.324 e. The van der Waals surface area contributed by atoms with Gasteiger partial charge in [-0.25, -0.2) is 4.98 Å². The maximum absolute atomic E-state index is 6.07. The Morgan fingerprint density at radius 1 is 1.62 bits per heavy atom. The van der Waals surface area contributed by atoms with E-state index in [-0.39, 0.29) is 6.04 Å². The second kappa shape index (κ2) is 3.76. The molecule has 1 atom stereocenters. The SMILES string of the molecule is N[C@@H](CC1CC1)c1cccnc1Br. The number of hydrogen-bond donors (Lipinski definition) is 1. The summed E-state index contributed by atoms with van der Waals surface area (Å²) in [5, 5.41) is 0. The Kier molecular flexibility index (Phi) is 2.65. The van der Waals surface area contributed by atoms with E-state index in [4.69, 9.17) is 5.73 Å². The first-order chi connectivity index (χ1) is 6.27. The fourth-order valence-corrected chi connectivity index (χ4v) is 2.06. The third-order valence-corrected chi connectivity index (χ3v) is 3.13. The monoisotopic (exact) mass is 240 g/mol. The molecular weight excluding hydrogens is 228 g/mol. The van der Waals surface area contributed by atoms with Crippen LogP contribution in [0, 0.1) is 5.92 Å². The van der Waals surface area contributed by atoms with E-state index in [1.165, 1.54) is 12.8 Å². The number of nitrogens with zero attached hydrogens (tertiary/aromatic N) is 1. The van der Waals surface area contributed by atoms with Crippen molar-refractivity contribution in [3.8, 4) is 0 Å². The first-order valence-corrected chi connectivity index (χ1v) is 5.42. The Bertz CT molecular complexity index is 297. The normalized spacial score (nSPS) is 18.6. The zero-order valence-corrected chi connectivity index (χ0v) is 9.00. The topological polar surface area (TPSA) is 38.9 Å². The molecule has 3 heteroatoms. The highest BCUT2D eigenvalue weighted by atomic mass is 79.9. The van der Waals surface area contributed by atoms with Crippen molar-refractivity contribution in [2.45, 2.75) is 25.3 Å². The summed E-state index contributed by atoms with van der Waals surface area (Å²) in [5.41, 5.74) is 7.20. The van der Waals surface area contributed by atoms with E-state index in [9.17, 15) is 0 Å². The standard InChI is InChI=1S/C10H13BrN2/c11-10-8(2-1-5-13-10)9(12)6-7-3-4-7/h1-2,5,7,9H,3-4,6,12H2/t9-/m0/s1. The van der Waals surface area contributed by atoms with Gasteiger partial charge in [-0.05, 0) is 34.3 Å². The maximum Gasteiger partial charge on any atom is 0.110 e. The van der Waals surface area contributed by atoms with Crippen molar-refractivity contribution in [1.82, 2.24) is 4.98 Å². The van der Waals surface area contributed by atoms with E-state index in [1.807, 2.05) is 12.1 Å². The van der Waals surface area contributed by atoms with Crippen molar-refractivity contribution < 1.29 is 0 Å². The fourth-order valence-electron chi connectivity index (χ4n) is 1.51. The van der Waals surface area contributed by atoms with Crippen LogP contribution in [0.3, 0.4) is 0 Å². The predicted octanol–water partition coefficient (Wildman–Crippen LogP) is 2.64. The van der Waals surface area contributed by atoms with Gasteiger partial charge in [-0.1, -0.05) is 18.9 Å². The molecule has 1 aromatic rings. The minimum absolute atomic E-state index is 0.149. The molecule has 2 rings (SSSR count). The summed E-state index contributed by atoms with van der Waals surface area (Å²) in [7, 11) is 0. The van der Waals surface area contributed by atoms with Gasteiger partial charge in [0.1, 0.15) is 4.60 Å². The lowest BCUT2D eigenvalue weighted by atomic mass is 10.0. The van der Waals surface area contributed by atoms with Gasteiger partial charge in [0, 0.05) is 17.8 Å². The molecule has 1 aliphatic carbocycles. The van der Waals surface area contributed by atoms with Crippen molar-refractivity contribution in [1.29, 1.82) is 0 Å². The Morgan fingerprint density at radius 3 is 3.00 bits per heavy atom. The molecule has 0 radical (unpaired) electrons. The van der Waals surface area contributed by atoms with Crippen LogP contribution in [-0.4, -0.2) is 4.98 Å². The first-order valence-electron chi connectivity index (χ1n) is 4.63. The van der Waals surface area contributed by atoms with Crippen LogP contribution in [0.1, 0.15) is 30.9 Å². The van der Waals surface area contributed by atoms with Gasteiger partial charge in [0.25, 0.3) is 0 Å². The molecule has 1 heterocycles. The summed E-state index contributed by atoms with van der Waals surface area (Å²) in [6.45, 7) is 0. The van der Waals surface area contributed by atoms with E-state index in [0.717, 1.165) is 22.5 Å². The molecule has 2 N–H and O–H groups in total. The van der Waals surface area contributed by atoms with Gasteiger partial charge >= 0.3 is 0 Å². The van der Waals surface area contributed by atoms with E-state index in [2.05, 4.69) is 20.9 Å². The number of nitrogens with two attached hydrogens (primary N) is 1. The number of rotatable bonds is 3. The van der Waals surface area contributed by atoms with Crippen LogP contribution in [0.4, 0.5) is 0 Å². The highest BCUT2D eigenvalue weighted by Gasteiger charge is 2.25. The van der Waals surface area contributed by atoms with E-state index < -0.39 is 0 Å². The molecule has 70 valence electrons. The van der Waals surface area contributed by atoms with Gasteiger partial charge in [-0.3, -0.25) is 0 Å². The number of halogens is 1. The summed E-state index contributed by atoms with van der Waals surface area (Å²) in [4.78, 5) is 4.16. The third-order valence-electron chi connectivity index (χ3n) is 2.47. The number of aromatic nitrogens is 1. The third kappa shape index (κ3) is 2.29. The molecule has 1 aromatic heterocycles. The van der Waals surface area contributed by atoms with Crippen molar-refractivity contribution in [2.75, 3.05) is 0 Å².